The number of aromatic nitrogens is 1. The van der Waals surface area contributed by atoms with Crippen LogP contribution in [0.2, 0.25) is 0 Å². The zero-order valence-corrected chi connectivity index (χ0v) is 12.5. The Morgan fingerprint density at radius 2 is 2.42 bits per heavy atom. The molecule has 2 amide bonds. The van der Waals surface area contributed by atoms with Gasteiger partial charge < -0.3 is 9.64 Å². The summed E-state index contributed by atoms with van der Waals surface area (Å²) in [6.07, 6.45) is 4.02. The summed E-state index contributed by atoms with van der Waals surface area (Å²) >= 11 is 1.55. The van der Waals surface area contributed by atoms with Crippen molar-refractivity contribution >= 4 is 22.5 Å². The monoisotopic (exact) mass is 283 g/mol. The van der Waals surface area contributed by atoms with E-state index in [4.69, 9.17) is 4.74 Å². The molecule has 0 spiro atoms. The first-order valence-electron chi connectivity index (χ1n) is 6.75. The molecule has 1 N–H and O–H groups in total. The predicted molar refractivity (Wildman–Crippen MR) is 76.7 cm³/mol. The normalized spacial score (nSPS) is 23.4. The number of aryl methyl sites for hydroxylation is 1. The standard InChI is InChI=1S/C13H21N3O2S/c1-4-5-11-8-14-12(19-11)15-13(17)16-6-7-18-10(3)9(16)2/h8-10H,4-7H2,1-3H3,(H,14,15,17). The second-order valence-electron chi connectivity index (χ2n) is 4.82. The van der Waals surface area contributed by atoms with Crippen molar-refractivity contribution in [2.45, 2.75) is 45.8 Å². The number of hydrogen-bond donors (Lipinski definition) is 1. The van der Waals surface area contributed by atoms with Gasteiger partial charge in [0.1, 0.15) is 0 Å². The van der Waals surface area contributed by atoms with E-state index in [9.17, 15) is 4.79 Å². The Morgan fingerprint density at radius 1 is 1.63 bits per heavy atom. The van der Waals surface area contributed by atoms with Crippen LogP contribution in [0.3, 0.4) is 0 Å². The topological polar surface area (TPSA) is 54.5 Å². The molecule has 0 aliphatic carbocycles. The van der Waals surface area contributed by atoms with E-state index in [1.165, 1.54) is 4.88 Å². The van der Waals surface area contributed by atoms with Gasteiger partial charge in [0.25, 0.3) is 0 Å². The van der Waals surface area contributed by atoms with Crippen molar-refractivity contribution in [1.29, 1.82) is 0 Å². The summed E-state index contributed by atoms with van der Waals surface area (Å²) in [5, 5.41) is 3.56. The third-order valence-electron chi connectivity index (χ3n) is 3.41. The van der Waals surface area contributed by atoms with Crippen LogP contribution in [-0.2, 0) is 11.2 Å². The van der Waals surface area contributed by atoms with Gasteiger partial charge in [0.2, 0.25) is 0 Å². The van der Waals surface area contributed by atoms with Gasteiger partial charge in [-0.3, -0.25) is 5.32 Å². The van der Waals surface area contributed by atoms with Crippen LogP contribution >= 0.6 is 11.3 Å². The summed E-state index contributed by atoms with van der Waals surface area (Å²) in [5.74, 6) is 0. The highest BCUT2D eigenvalue weighted by Gasteiger charge is 2.29. The lowest BCUT2D eigenvalue weighted by atomic mass is 10.1. The van der Waals surface area contributed by atoms with E-state index in [1.807, 2.05) is 24.9 Å². The van der Waals surface area contributed by atoms with E-state index in [1.54, 1.807) is 11.3 Å². The fourth-order valence-electron chi connectivity index (χ4n) is 2.11. The van der Waals surface area contributed by atoms with Gasteiger partial charge in [-0.1, -0.05) is 13.3 Å². The molecule has 0 bridgehead atoms. The van der Waals surface area contributed by atoms with E-state index in [0.717, 1.165) is 12.8 Å². The first kappa shape index (κ1) is 14.3. The van der Waals surface area contributed by atoms with Gasteiger partial charge >= 0.3 is 6.03 Å². The molecule has 106 valence electrons. The third kappa shape index (κ3) is 3.45. The van der Waals surface area contributed by atoms with E-state index in [2.05, 4.69) is 17.2 Å². The molecule has 0 saturated carbocycles. The Labute approximate surface area is 118 Å². The second kappa shape index (κ2) is 6.34. The lowest BCUT2D eigenvalue weighted by Crippen LogP contribution is -2.52. The van der Waals surface area contributed by atoms with Crippen LogP contribution in [0.25, 0.3) is 0 Å². The molecular weight excluding hydrogens is 262 g/mol. The lowest BCUT2D eigenvalue weighted by molar-refractivity contribution is -0.0355. The van der Waals surface area contributed by atoms with Crippen molar-refractivity contribution in [1.82, 2.24) is 9.88 Å². The van der Waals surface area contributed by atoms with E-state index >= 15 is 0 Å². The van der Waals surface area contributed by atoms with E-state index in [0.29, 0.717) is 18.3 Å². The Hall–Kier alpha value is -1.14. The lowest BCUT2D eigenvalue weighted by Gasteiger charge is -2.37. The average Bonchev–Trinajstić information content (AvgIpc) is 2.80. The number of amides is 2. The van der Waals surface area contributed by atoms with Crippen molar-refractivity contribution < 1.29 is 9.53 Å². The predicted octanol–water partition coefficient (Wildman–Crippen LogP) is 2.74. The number of morpholine rings is 1. The van der Waals surface area contributed by atoms with Crippen molar-refractivity contribution in [3.63, 3.8) is 0 Å². The number of anilines is 1. The Bertz CT molecular complexity index is 435. The zero-order chi connectivity index (χ0) is 13.8. The summed E-state index contributed by atoms with van der Waals surface area (Å²) in [5.41, 5.74) is 0. The summed E-state index contributed by atoms with van der Waals surface area (Å²) < 4.78 is 5.52. The molecule has 2 atom stereocenters. The maximum Gasteiger partial charge on any atom is 0.324 e. The number of hydrogen-bond acceptors (Lipinski definition) is 4. The van der Waals surface area contributed by atoms with E-state index in [-0.39, 0.29) is 18.2 Å². The highest BCUT2D eigenvalue weighted by atomic mass is 32.1. The minimum Gasteiger partial charge on any atom is -0.375 e. The maximum atomic E-state index is 12.2. The van der Waals surface area contributed by atoms with E-state index < -0.39 is 0 Å². The van der Waals surface area contributed by atoms with Crippen molar-refractivity contribution in [3.05, 3.63) is 11.1 Å². The number of ether oxygens (including phenoxy) is 1. The van der Waals surface area contributed by atoms with Crippen LogP contribution in [0, 0.1) is 0 Å². The van der Waals surface area contributed by atoms with Gasteiger partial charge in [-0.25, -0.2) is 9.78 Å². The molecule has 1 aromatic rings. The molecule has 2 unspecified atom stereocenters. The molecule has 1 aliphatic heterocycles. The largest absolute Gasteiger partial charge is 0.375 e. The third-order valence-corrected chi connectivity index (χ3v) is 4.38. The minimum absolute atomic E-state index is 0.0754. The molecule has 6 heteroatoms. The first-order valence-corrected chi connectivity index (χ1v) is 7.57. The van der Waals surface area contributed by atoms with Gasteiger partial charge in [-0.15, -0.1) is 11.3 Å². The maximum absolute atomic E-state index is 12.2. The molecule has 2 heterocycles. The highest BCUT2D eigenvalue weighted by molar-refractivity contribution is 7.15. The molecule has 2 rings (SSSR count). The van der Waals surface area contributed by atoms with Crippen LogP contribution in [0.1, 0.15) is 32.1 Å². The molecule has 0 aromatic carbocycles. The zero-order valence-electron chi connectivity index (χ0n) is 11.7. The van der Waals surface area contributed by atoms with Crippen molar-refractivity contribution in [2.24, 2.45) is 0 Å². The molecule has 1 fully saturated rings. The number of rotatable bonds is 3. The van der Waals surface area contributed by atoms with Gasteiger partial charge in [-0.2, -0.15) is 0 Å². The van der Waals surface area contributed by atoms with Crippen molar-refractivity contribution in [3.8, 4) is 0 Å². The second-order valence-corrected chi connectivity index (χ2v) is 5.94. The molecule has 1 aromatic heterocycles. The number of nitrogens with one attached hydrogen (secondary N) is 1. The number of carbonyl (C=O) groups is 1. The molecule has 19 heavy (non-hydrogen) atoms. The van der Waals surface area contributed by atoms with Crippen molar-refractivity contribution in [2.75, 3.05) is 18.5 Å². The molecular formula is C13H21N3O2S. The molecule has 5 nitrogen and oxygen atoms in total. The molecule has 1 aliphatic rings. The average molecular weight is 283 g/mol. The number of carbonyl (C=O) groups excluding carboxylic acids is 1. The fraction of sp³-hybridized carbons (Fsp3) is 0.692. The van der Waals surface area contributed by atoms with Crippen LogP contribution in [0.4, 0.5) is 9.93 Å². The summed E-state index contributed by atoms with van der Waals surface area (Å²) in [6.45, 7) is 7.36. The number of thiazole rings is 1. The highest BCUT2D eigenvalue weighted by Crippen LogP contribution is 2.21. The summed E-state index contributed by atoms with van der Waals surface area (Å²) in [4.78, 5) is 19.5. The van der Waals surface area contributed by atoms with Gasteiger partial charge in [0.15, 0.2) is 5.13 Å². The number of urea groups is 1. The first-order chi connectivity index (χ1) is 9.11. The molecule has 0 radical (unpaired) electrons. The van der Waals surface area contributed by atoms with Crippen LogP contribution in [-0.4, -0.2) is 41.2 Å². The van der Waals surface area contributed by atoms with Crippen LogP contribution in [0.5, 0.6) is 0 Å². The molecule has 1 saturated heterocycles. The quantitative estimate of drug-likeness (QED) is 0.928. The summed E-state index contributed by atoms with van der Waals surface area (Å²) in [6, 6.07) is 0.00359. The van der Waals surface area contributed by atoms with Crippen LogP contribution in [0.15, 0.2) is 6.20 Å². The Kier molecular flexibility index (Phi) is 4.76. The van der Waals surface area contributed by atoms with Gasteiger partial charge in [-0.05, 0) is 20.3 Å². The van der Waals surface area contributed by atoms with Crippen LogP contribution < -0.4 is 5.32 Å². The Balaban J connectivity index is 1.95. The summed E-state index contributed by atoms with van der Waals surface area (Å²) in [7, 11) is 0. The SMILES string of the molecule is CCCc1cnc(NC(=O)N2CCOC(C)C2C)s1. The minimum atomic E-state index is -0.0833. The van der Waals surface area contributed by atoms with Gasteiger partial charge in [0.05, 0.1) is 18.8 Å². The smallest absolute Gasteiger partial charge is 0.324 e. The Morgan fingerprint density at radius 3 is 3.16 bits per heavy atom. The van der Waals surface area contributed by atoms with Gasteiger partial charge in [0, 0.05) is 17.6 Å². The fourth-order valence-corrected chi connectivity index (χ4v) is 3.01. The number of nitrogens with zero attached hydrogens (tertiary/aromatic N) is 2.